The third-order valence-corrected chi connectivity index (χ3v) is 5.14. The van der Waals surface area contributed by atoms with E-state index >= 15 is 0 Å². The van der Waals surface area contributed by atoms with Crippen LogP contribution in [0.2, 0.25) is 0 Å². The third kappa shape index (κ3) is 4.32. The van der Waals surface area contributed by atoms with Crippen LogP contribution in [0.1, 0.15) is 28.8 Å². The molecule has 10 nitrogen and oxygen atoms in total. The summed E-state index contributed by atoms with van der Waals surface area (Å²) < 4.78 is 11.3. The molecule has 0 radical (unpaired) electrons. The number of benzene rings is 2. The highest BCUT2D eigenvalue weighted by Gasteiger charge is 2.20. The third-order valence-electron chi connectivity index (χ3n) is 5.14. The Morgan fingerprint density at radius 1 is 1.10 bits per heavy atom. The standard InChI is InChI=1S/C21H19N3O7/c25-19(12-23-17-8-7-16(24(28)29)11-18(17)31-21(23)27)30-13-14-3-5-15(6-4-14)20(26)22-9-1-2-10-22/h3-8,11H,1-2,9-10,12-13H2. The number of non-ortho nitro benzene ring substituents is 1. The van der Waals surface area contributed by atoms with E-state index in [4.69, 9.17) is 9.15 Å². The molecule has 2 heterocycles. The lowest BCUT2D eigenvalue weighted by Gasteiger charge is -2.15. The first-order chi connectivity index (χ1) is 14.9. The summed E-state index contributed by atoms with van der Waals surface area (Å²) >= 11 is 0. The van der Waals surface area contributed by atoms with Crippen LogP contribution in [-0.2, 0) is 22.7 Å². The fourth-order valence-corrected chi connectivity index (χ4v) is 3.50. The summed E-state index contributed by atoms with van der Waals surface area (Å²) in [7, 11) is 0. The zero-order valence-corrected chi connectivity index (χ0v) is 16.5. The predicted octanol–water partition coefficient (Wildman–Crippen LogP) is 2.48. The summed E-state index contributed by atoms with van der Waals surface area (Å²) in [6.45, 7) is 1.13. The number of nitrogens with zero attached hydrogens (tertiary/aromatic N) is 3. The van der Waals surface area contributed by atoms with E-state index in [1.807, 2.05) is 4.90 Å². The largest absolute Gasteiger partial charge is 0.459 e. The molecule has 31 heavy (non-hydrogen) atoms. The average molecular weight is 425 g/mol. The molecule has 10 heteroatoms. The van der Waals surface area contributed by atoms with Crippen molar-refractivity contribution in [3.8, 4) is 0 Å². The number of fused-ring (bicyclic) bond motifs is 1. The number of carbonyl (C=O) groups is 2. The molecule has 1 fully saturated rings. The number of hydrogen-bond acceptors (Lipinski definition) is 7. The number of esters is 1. The van der Waals surface area contributed by atoms with E-state index in [1.54, 1.807) is 24.3 Å². The minimum Gasteiger partial charge on any atom is -0.459 e. The van der Waals surface area contributed by atoms with Gasteiger partial charge in [0.15, 0.2) is 5.58 Å². The van der Waals surface area contributed by atoms with Gasteiger partial charge in [0.1, 0.15) is 13.2 Å². The molecule has 1 aromatic heterocycles. The van der Waals surface area contributed by atoms with Crippen molar-refractivity contribution < 1.29 is 23.7 Å². The average Bonchev–Trinajstić information content (AvgIpc) is 3.40. The molecule has 0 saturated carbocycles. The summed E-state index contributed by atoms with van der Waals surface area (Å²) in [5, 5.41) is 10.8. The zero-order valence-electron chi connectivity index (χ0n) is 16.5. The summed E-state index contributed by atoms with van der Waals surface area (Å²) in [5.74, 6) is -1.48. The molecule has 0 N–H and O–H groups in total. The predicted molar refractivity (Wildman–Crippen MR) is 109 cm³/mol. The van der Waals surface area contributed by atoms with E-state index in [-0.39, 0.29) is 29.3 Å². The van der Waals surface area contributed by atoms with Gasteiger partial charge in [-0.15, -0.1) is 0 Å². The lowest BCUT2D eigenvalue weighted by atomic mass is 10.1. The van der Waals surface area contributed by atoms with Crippen LogP contribution in [-0.4, -0.2) is 39.4 Å². The lowest BCUT2D eigenvalue weighted by Crippen LogP contribution is -2.27. The summed E-state index contributed by atoms with van der Waals surface area (Å²) in [4.78, 5) is 48.7. The van der Waals surface area contributed by atoms with Crippen molar-refractivity contribution in [1.29, 1.82) is 0 Å². The number of rotatable bonds is 6. The maximum Gasteiger partial charge on any atom is 0.420 e. The number of likely N-dealkylation sites (tertiary alicyclic amines) is 1. The van der Waals surface area contributed by atoms with E-state index in [2.05, 4.69) is 0 Å². The van der Waals surface area contributed by atoms with E-state index in [0.29, 0.717) is 11.1 Å². The Bertz CT molecular complexity index is 1200. The Morgan fingerprint density at radius 2 is 1.81 bits per heavy atom. The van der Waals surface area contributed by atoms with Crippen LogP contribution in [0.3, 0.4) is 0 Å². The smallest absolute Gasteiger partial charge is 0.420 e. The quantitative estimate of drug-likeness (QED) is 0.337. The van der Waals surface area contributed by atoms with Crippen LogP contribution in [0.15, 0.2) is 51.7 Å². The number of ether oxygens (including phenoxy) is 1. The van der Waals surface area contributed by atoms with Crippen LogP contribution in [0.25, 0.3) is 11.1 Å². The maximum absolute atomic E-state index is 12.4. The Morgan fingerprint density at radius 3 is 2.48 bits per heavy atom. The van der Waals surface area contributed by atoms with Gasteiger partial charge in [0, 0.05) is 24.7 Å². The second kappa shape index (κ2) is 8.42. The van der Waals surface area contributed by atoms with Crippen molar-refractivity contribution in [2.45, 2.75) is 26.0 Å². The molecule has 1 saturated heterocycles. The molecule has 2 aromatic carbocycles. The Balaban J connectivity index is 1.38. The van der Waals surface area contributed by atoms with Gasteiger partial charge in [-0.05, 0) is 36.6 Å². The molecule has 0 unspecified atom stereocenters. The second-order valence-electron chi connectivity index (χ2n) is 7.22. The van der Waals surface area contributed by atoms with Crippen molar-refractivity contribution in [3.63, 3.8) is 0 Å². The molecule has 1 aliphatic rings. The Kier molecular flexibility index (Phi) is 5.52. The van der Waals surface area contributed by atoms with Crippen molar-refractivity contribution in [1.82, 2.24) is 9.47 Å². The highest BCUT2D eigenvalue weighted by Crippen LogP contribution is 2.20. The molecule has 160 valence electrons. The lowest BCUT2D eigenvalue weighted by molar-refractivity contribution is -0.384. The van der Waals surface area contributed by atoms with Gasteiger partial charge in [0.25, 0.3) is 11.6 Å². The number of hydrogen-bond donors (Lipinski definition) is 0. The highest BCUT2D eigenvalue weighted by molar-refractivity contribution is 5.94. The molecular weight excluding hydrogens is 406 g/mol. The monoisotopic (exact) mass is 425 g/mol. The number of nitro groups is 1. The van der Waals surface area contributed by atoms with E-state index in [0.717, 1.165) is 36.6 Å². The number of carbonyl (C=O) groups excluding carboxylic acids is 2. The summed E-state index contributed by atoms with van der Waals surface area (Å²) in [5.41, 5.74) is 1.35. The first-order valence-corrected chi connectivity index (χ1v) is 9.74. The SMILES string of the molecule is O=C(Cn1c(=O)oc2cc([N+](=O)[O-])ccc21)OCc1ccc(C(=O)N2CCCC2)cc1. The minimum absolute atomic E-state index is 0.00695. The van der Waals surface area contributed by atoms with E-state index < -0.39 is 23.2 Å². The molecule has 1 amide bonds. The van der Waals surface area contributed by atoms with E-state index in [9.17, 15) is 24.5 Å². The normalized spacial score (nSPS) is 13.5. The Hall–Kier alpha value is -3.95. The van der Waals surface area contributed by atoms with Crippen molar-refractivity contribution >= 4 is 28.7 Å². The second-order valence-corrected chi connectivity index (χ2v) is 7.22. The summed E-state index contributed by atoms with van der Waals surface area (Å²) in [6.07, 6.45) is 2.04. The topological polar surface area (TPSA) is 125 Å². The Labute approximate surface area is 175 Å². The maximum atomic E-state index is 12.4. The van der Waals surface area contributed by atoms with Gasteiger partial charge < -0.3 is 14.1 Å². The number of oxazole rings is 1. The van der Waals surface area contributed by atoms with Crippen LogP contribution < -0.4 is 5.76 Å². The molecule has 0 spiro atoms. The minimum atomic E-state index is -0.808. The highest BCUT2D eigenvalue weighted by atomic mass is 16.6. The summed E-state index contributed by atoms with van der Waals surface area (Å²) in [6, 6.07) is 10.5. The fraction of sp³-hybridized carbons (Fsp3) is 0.286. The molecule has 4 rings (SSSR count). The number of nitro benzene ring substituents is 1. The van der Waals surface area contributed by atoms with Crippen LogP contribution in [0.5, 0.6) is 0 Å². The first kappa shape index (κ1) is 20.3. The molecule has 1 aliphatic heterocycles. The van der Waals surface area contributed by atoms with Gasteiger partial charge >= 0.3 is 11.7 Å². The molecule has 0 bridgehead atoms. The molecule has 3 aromatic rings. The van der Waals surface area contributed by atoms with Crippen molar-refractivity contribution in [2.24, 2.45) is 0 Å². The van der Waals surface area contributed by atoms with Gasteiger partial charge in [0.05, 0.1) is 16.5 Å². The van der Waals surface area contributed by atoms with E-state index in [1.165, 1.54) is 12.1 Å². The van der Waals surface area contributed by atoms with Gasteiger partial charge in [-0.2, -0.15) is 0 Å². The van der Waals surface area contributed by atoms with Crippen LogP contribution in [0.4, 0.5) is 5.69 Å². The first-order valence-electron chi connectivity index (χ1n) is 9.74. The number of aromatic nitrogens is 1. The molecule has 0 aliphatic carbocycles. The van der Waals surface area contributed by atoms with Crippen LogP contribution in [0, 0.1) is 10.1 Å². The van der Waals surface area contributed by atoms with Gasteiger partial charge in [-0.25, -0.2) is 4.79 Å². The zero-order chi connectivity index (χ0) is 22.0. The van der Waals surface area contributed by atoms with Gasteiger partial charge in [-0.1, -0.05) is 12.1 Å². The molecule has 0 atom stereocenters. The van der Waals surface area contributed by atoms with Crippen molar-refractivity contribution in [2.75, 3.05) is 13.1 Å². The number of amides is 1. The van der Waals surface area contributed by atoms with Gasteiger partial charge in [0.2, 0.25) is 0 Å². The fourth-order valence-electron chi connectivity index (χ4n) is 3.50. The molecular formula is C21H19N3O7. The van der Waals surface area contributed by atoms with Gasteiger partial charge in [-0.3, -0.25) is 24.3 Å². The van der Waals surface area contributed by atoms with Crippen molar-refractivity contribution in [3.05, 3.63) is 74.3 Å². The van der Waals surface area contributed by atoms with Crippen LogP contribution >= 0.6 is 0 Å².